The average molecular weight is 433 g/mol. The minimum atomic E-state index is -0.304. The first kappa shape index (κ1) is 22.5. The maximum Gasteiger partial charge on any atom is 0.268 e. The van der Waals surface area contributed by atoms with Gasteiger partial charge >= 0.3 is 0 Å². The molecule has 2 N–H and O–H groups in total. The summed E-state index contributed by atoms with van der Waals surface area (Å²) in [6.07, 6.45) is 2.47. The Bertz CT molecular complexity index is 1100. The Kier molecular flexibility index (Phi) is 7.42. The largest absolute Gasteiger partial charge is 0.344 e. The molecule has 0 bridgehead atoms. The first-order valence-electron chi connectivity index (χ1n) is 10.4. The van der Waals surface area contributed by atoms with Gasteiger partial charge in [-0.2, -0.15) is 0 Å². The highest BCUT2D eigenvalue weighted by atomic mass is 32.1. The van der Waals surface area contributed by atoms with E-state index in [1.54, 1.807) is 18.2 Å². The Labute approximate surface area is 188 Å². The van der Waals surface area contributed by atoms with Crippen LogP contribution < -0.4 is 10.6 Å². The first-order chi connectivity index (χ1) is 14.9. The number of aryl methyl sites for hydroxylation is 3. The van der Waals surface area contributed by atoms with Crippen LogP contribution in [-0.2, 0) is 4.79 Å². The predicted octanol–water partition coefficient (Wildman–Crippen LogP) is 5.71. The second-order valence-corrected chi connectivity index (χ2v) is 8.67. The van der Waals surface area contributed by atoms with Gasteiger partial charge in [0, 0.05) is 10.4 Å². The molecule has 5 heteroatoms. The second kappa shape index (κ2) is 10.2. The highest BCUT2D eigenvalue weighted by molar-refractivity contribution is 7.10. The molecule has 2 aromatic carbocycles. The van der Waals surface area contributed by atoms with E-state index in [2.05, 4.69) is 42.7 Å². The van der Waals surface area contributed by atoms with Crippen LogP contribution in [0.2, 0.25) is 0 Å². The molecular weight excluding hydrogens is 404 g/mol. The fourth-order valence-corrected chi connectivity index (χ4v) is 4.16. The Hall–Kier alpha value is -3.18. The van der Waals surface area contributed by atoms with E-state index in [9.17, 15) is 9.59 Å². The molecule has 160 valence electrons. The lowest BCUT2D eigenvalue weighted by atomic mass is 9.97. The van der Waals surface area contributed by atoms with Crippen LogP contribution in [0, 0.1) is 20.8 Å². The molecule has 4 nitrogen and oxygen atoms in total. The summed E-state index contributed by atoms with van der Waals surface area (Å²) < 4.78 is 0. The molecule has 0 spiro atoms. The number of hydrogen-bond acceptors (Lipinski definition) is 3. The number of carbonyl (C=O) groups is 2. The van der Waals surface area contributed by atoms with Crippen molar-refractivity contribution in [3.8, 4) is 0 Å². The summed E-state index contributed by atoms with van der Waals surface area (Å²) in [6.45, 7) is 8.08. The van der Waals surface area contributed by atoms with E-state index in [1.165, 1.54) is 16.9 Å². The second-order valence-electron chi connectivity index (χ2n) is 7.69. The average Bonchev–Trinajstić information content (AvgIpc) is 3.25. The number of carbonyl (C=O) groups excluding carboxylic acids is 2. The molecule has 0 saturated carbocycles. The van der Waals surface area contributed by atoms with E-state index in [-0.39, 0.29) is 23.6 Å². The summed E-state index contributed by atoms with van der Waals surface area (Å²) in [5.74, 6) is -0.609. The van der Waals surface area contributed by atoms with Crippen molar-refractivity contribution < 1.29 is 9.59 Å². The van der Waals surface area contributed by atoms with Crippen LogP contribution in [0.5, 0.6) is 0 Å². The molecule has 1 heterocycles. The lowest BCUT2D eigenvalue weighted by Crippen LogP contribution is -2.37. The Morgan fingerprint density at radius 1 is 1.00 bits per heavy atom. The molecule has 3 rings (SSSR count). The smallest absolute Gasteiger partial charge is 0.268 e. The van der Waals surface area contributed by atoms with Crippen LogP contribution in [0.1, 0.15) is 56.9 Å². The van der Waals surface area contributed by atoms with E-state index < -0.39 is 0 Å². The van der Waals surface area contributed by atoms with Crippen LogP contribution in [0.25, 0.3) is 6.08 Å². The minimum absolute atomic E-state index is 0.143. The third kappa shape index (κ3) is 5.92. The predicted molar refractivity (Wildman–Crippen MR) is 128 cm³/mol. The molecule has 1 unspecified atom stereocenters. The van der Waals surface area contributed by atoms with Crippen LogP contribution in [0.4, 0.5) is 0 Å². The Balaban J connectivity index is 1.86. The number of thiophene rings is 1. The van der Waals surface area contributed by atoms with Crippen LogP contribution in [0.15, 0.2) is 65.7 Å². The number of amides is 2. The maximum atomic E-state index is 13.2. The third-order valence-corrected chi connectivity index (χ3v) is 5.94. The number of rotatable bonds is 7. The van der Waals surface area contributed by atoms with E-state index in [0.717, 1.165) is 28.0 Å². The zero-order chi connectivity index (χ0) is 22.4. The summed E-state index contributed by atoms with van der Waals surface area (Å²) in [4.78, 5) is 27.0. The van der Waals surface area contributed by atoms with Gasteiger partial charge in [-0.15, -0.1) is 11.3 Å². The third-order valence-electron chi connectivity index (χ3n) is 5.12. The summed E-state index contributed by atoms with van der Waals surface area (Å²) in [5.41, 5.74) is 5.15. The van der Waals surface area contributed by atoms with Gasteiger partial charge in [0.1, 0.15) is 5.70 Å². The standard InChI is InChI=1S/C26H28N2O2S/c1-5-23(22-12-11-18(3)14-19(22)4)27-26(30)24(16-21-10-7-13-31-21)28-25(29)20-9-6-8-17(2)15-20/h6-16,23H,5H2,1-4H3,(H,27,30)(H,28,29)/b24-16-. The molecule has 31 heavy (non-hydrogen) atoms. The number of benzene rings is 2. The molecule has 3 aromatic rings. The zero-order valence-corrected chi connectivity index (χ0v) is 19.2. The zero-order valence-electron chi connectivity index (χ0n) is 18.4. The molecular formula is C26H28N2O2S. The summed E-state index contributed by atoms with van der Waals surface area (Å²) in [5, 5.41) is 7.87. The number of nitrogens with one attached hydrogen (secondary N) is 2. The lowest BCUT2D eigenvalue weighted by molar-refractivity contribution is -0.118. The van der Waals surface area contributed by atoms with Gasteiger partial charge < -0.3 is 10.6 Å². The topological polar surface area (TPSA) is 58.2 Å². The molecule has 0 saturated heterocycles. The SMILES string of the molecule is CCC(NC(=O)/C(=C/c1cccs1)NC(=O)c1cccc(C)c1)c1ccc(C)cc1C. The molecule has 0 radical (unpaired) electrons. The van der Waals surface area contributed by atoms with E-state index in [1.807, 2.05) is 43.5 Å². The molecule has 0 aliphatic heterocycles. The molecule has 0 aliphatic rings. The van der Waals surface area contributed by atoms with Crippen molar-refractivity contribution in [3.05, 3.63) is 98.4 Å². The van der Waals surface area contributed by atoms with Crippen LogP contribution in [-0.4, -0.2) is 11.8 Å². The van der Waals surface area contributed by atoms with Crippen LogP contribution >= 0.6 is 11.3 Å². The fourth-order valence-electron chi connectivity index (χ4n) is 3.51. The quantitative estimate of drug-likeness (QED) is 0.470. The fraction of sp³-hybridized carbons (Fsp3) is 0.231. The van der Waals surface area contributed by atoms with Gasteiger partial charge in [-0.1, -0.05) is 54.4 Å². The highest BCUT2D eigenvalue weighted by Crippen LogP contribution is 2.22. The van der Waals surface area contributed by atoms with Crippen molar-refractivity contribution >= 4 is 29.2 Å². The molecule has 1 atom stereocenters. The summed E-state index contributed by atoms with van der Waals surface area (Å²) >= 11 is 1.51. The van der Waals surface area contributed by atoms with E-state index in [0.29, 0.717) is 5.56 Å². The summed E-state index contributed by atoms with van der Waals surface area (Å²) in [6, 6.07) is 17.2. The van der Waals surface area contributed by atoms with E-state index >= 15 is 0 Å². The van der Waals surface area contributed by atoms with Crippen molar-refractivity contribution in [3.63, 3.8) is 0 Å². The van der Waals surface area contributed by atoms with Gasteiger partial charge in [0.05, 0.1) is 6.04 Å². The molecule has 0 fully saturated rings. The van der Waals surface area contributed by atoms with Crippen LogP contribution in [0.3, 0.4) is 0 Å². The van der Waals surface area contributed by atoms with Gasteiger partial charge in [0.25, 0.3) is 11.8 Å². The maximum absolute atomic E-state index is 13.2. The van der Waals surface area contributed by atoms with Gasteiger partial charge in [0.2, 0.25) is 0 Å². The van der Waals surface area contributed by atoms with Gasteiger partial charge in [-0.3, -0.25) is 9.59 Å². The molecule has 0 aliphatic carbocycles. The first-order valence-corrected chi connectivity index (χ1v) is 11.3. The van der Waals surface area contributed by atoms with Crippen molar-refractivity contribution in [1.29, 1.82) is 0 Å². The minimum Gasteiger partial charge on any atom is -0.344 e. The van der Waals surface area contributed by atoms with Crippen molar-refractivity contribution in [2.75, 3.05) is 0 Å². The van der Waals surface area contributed by atoms with Crippen molar-refractivity contribution in [2.24, 2.45) is 0 Å². The van der Waals surface area contributed by atoms with Gasteiger partial charge in [-0.05, 0) is 68.0 Å². The molecule has 1 aromatic heterocycles. The Morgan fingerprint density at radius 3 is 2.42 bits per heavy atom. The normalized spacial score (nSPS) is 12.3. The highest BCUT2D eigenvalue weighted by Gasteiger charge is 2.20. The lowest BCUT2D eigenvalue weighted by Gasteiger charge is -2.21. The van der Waals surface area contributed by atoms with Gasteiger partial charge in [-0.25, -0.2) is 0 Å². The van der Waals surface area contributed by atoms with E-state index in [4.69, 9.17) is 0 Å². The monoisotopic (exact) mass is 432 g/mol. The Morgan fingerprint density at radius 2 is 1.77 bits per heavy atom. The summed E-state index contributed by atoms with van der Waals surface area (Å²) in [7, 11) is 0. The number of hydrogen-bond donors (Lipinski definition) is 2. The van der Waals surface area contributed by atoms with Gasteiger partial charge in [0.15, 0.2) is 0 Å². The van der Waals surface area contributed by atoms with Crippen molar-refractivity contribution in [1.82, 2.24) is 10.6 Å². The van der Waals surface area contributed by atoms with Crippen molar-refractivity contribution in [2.45, 2.75) is 40.2 Å². The molecule has 2 amide bonds.